The summed E-state index contributed by atoms with van der Waals surface area (Å²) in [5.74, 6) is 0. The van der Waals surface area contributed by atoms with Crippen molar-refractivity contribution in [1.82, 2.24) is 10.6 Å². The van der Waals surface area contributed by atoms with Crippen molar-refractivity contribution in [2.24, 2.45) is 0 Å². The summed E-state index contributed by atoms with van der Waals surface area (Å²) < 4.78 is 11.0. The molecule has 5 heteroatoms. The SMILES string of the molecule is C=CC(NCCNCCC[Si](C)(OC)OC)c1ccccc1. The quantitative estimate of drug-likeness (QED) is 0.353. The van der Waals surface area contributed by atoms with E-state index >= 15 is 0 Å². The molecule has 0 bridgehead atoms. The zero-order valence-electron chi connectivity index (χ0n) is 14.1. The lowest BCUT2D eigenvalue weighted by Gasteiger charge is -2.22. The van der Waals surface area contributed by atoms with Crippen molar-refractivity contribution < 1.29 is 8.85 Å². The van der Waals surface area contributed by atoms with E-state index in [0.29, 0.717) is 0 Å². The van der Waals surface area contributed by atoms with Gasteiger partial charge < -0.3 is 19.5 Å². The van der Waals surface area contributed by atoms with Gasteiger partial charge >= 0.3 is 8.56 Å². The number of nitrogens with one attached hydrogen (secondary N) is 2. The van der Waals surface area contributed by atoms with Gasteiger partial charge in [0.1, 0.15) is 0 Å². The van der Waals surface area contributed by atoms with Crippen molar-refractivity contribution in [3.05, 3.63) is 48.6 Å². The van der Waals surface area contributed by atoms with E-state index in [1.165, 1.54) is 5.56 Å². The van der Waals surface area contributed by atoms with Crippen LogP contribution in [0.5, 0.6) is 0 Å². The molecule has 0 radical (unpaired) electrons. The number of rotatable bonds is 12. The summed E-state index contributed by atoms with van der Waals surface area (Å²) in [5.41, 5.74) is 1.25. The molecular formula is C17H30N2O2Si. The van der Waals surface area contributed by atoms with Gasteiger partial charge in [-0.05, 0) is 31.1 Å². The van der Waals surface area contributed by atoms with Crippen LogP contribution in [-0.4, -0.2) is 42.4 Å². The fourth-order valence-corrected chi connectivity index (χ4v) is 3.65. The molecular weight excluding hydrogens is 292 g/mol. The van der Waals surface area contributed by atoms with E-state index in [4.69, 9.17) is 8.85 Å². The van der Waals surface area contributed by atoms with Crippen LogP contribution < -0.4 is 10.6 Å². The van der Waals surface area contributed by atoms with Crippen molar-refractivity contribution in [1.29, 1.82) is 0 Å². The van der Waals surface area contributed by atoms with Gasteiger partial charge in [-0.1, -0.05) is 36.4 Å². The van der Waals surface area contributed by atoms with E-state index < -0.39 is 8.56 Å². The number of hydrogen-bond acceptors (Lipinski definition) is 4. The molecule has 0 heterocycles. The molecule has 0 amide bonds. The lowest BCUT2D eigenvalue weighted by molar-refractivity contribution is 0.248. The molecule has 0 saturated heterocycles. The van der Waals surface area contributed by atoms with Gasteiger partial charge in [-0.25, -0.2) is 0 Å². The van der Waals surface area contributed by atoms with Gasteiger partial charge in [0.05, 0.1) is 6.04 Å². The summed E-state index contributed by atoms with van der Waals surface area (Å²) in [6, 6.07) is 11.6. The second kappa shape index (κ2) is 10.7. The van der Waals surface area contributed by atoms with E-state index in [1.807, 2.05) is 12.1 Å². The van der Waals surface area contributed by atoms with Gasteiger partial charge in [-0.3, -0.25) is 0 Å². The Morgan fingerprint density at radius 3 is 2.41 bits per heavy atom. The normalized spacial score (nSPS) is 13.0. The van der Waals surface area contributed by atoms with Crippen molar-refractivity contribution in [3.63, 3.8) is 0 Å². The van der Waals surface area contributed by atoms with Crippen LogP contribution in [0.1, 0.15) is 18.0 Å². The Labute approximate surface area is 136 Å². The van der Waals surface area contributed by atoms with Crippen LogP contribution in [0.3, 0.4) is 0 Å². The number of benzene rings is 1. The predicted molar refractivity (Wildman–Crippen MR) is 95.3 cm³/mol. The Morgan fingerprint density at radius 2 is 1.82 bits per heavy atom. The highest BCUT2D eigenvalue weighted by Crippen LogP contribution is 2.13. The molecule has 0 aliphatic heterocycles. The summed E-state index contributed by atoms with van der Waals surface area (Å²) in [7, 11) is 1.58. The fourth-order valence-electron chi connectivity index (χ4n) is 2.26. The zero-order valence-corrected chi connectivity index (χ0v) is 15.1. The van der Waals surface area contributed by atoms with Gasteiger partial charge in [-0.15, -0.1) is 6.58 Å². The highest BCUT2D eigenvalue weighted by molar-refractivity contribution is 6.65. The van der Waals surface area contributed by atoms with Crippen LogP contribution in [-0.2, 0) is 8.85 Å². The average molecular weight is 323 g/mol. The van der Waals surface area contributed by atoms with Gasteiger partial charge in [0.2, 0.25) is 0 Å². The summed E-state index contributed by atoms with van der Waals surface area (Å²) >= 11 is 0. The first kappa shape index (κ1) is 19.1. The maximum Gasteiger partial charge on any atom is 0.334 e. The van der Waals surface area contributed by atoms with E-state index in [1.54, 1.807) is 14.2 Å². The van der Waals surface area contributed by atoms with Gasteiger partial charge in [0.15, 0.2) is 0 Å². The van der Waals surface area contributed by atoms with Crippen LogP contribution in [0, 0.1) is 0 Å². The topological polar surface area (TPSA) is 42.5 Å². The highest BCUT2D eigenvalue weighted by atomic mass is 28.4. The van der Waals surface area contributed by atoms with Crippen LogP contribution in [0.4, 0.5) is 0 Å². The summed E-state index contributed by atoms with van der Waals surface area (Å²) in [6.07, 6.45) is 3.03. The van der Waals surface area contributed by atoms with Crippen LogP contribution >= 0.6 is 0 Å². The van der Waals surface area contributed by atoms with E-state index in [9.17, 15) is 0 Å². The summed E-state index contributed by atoms with van der Waals surface area (Å²) in [5, 5.41) is 6.95. The highest BCUT2D eigenvalue weighted by Gasteiger charge is 2.27. The first-order valence-corrected chi connectivity index (χ1v) is 10.4. The molecule has 0 aliphatic rings. The number of hydrogen-bond donors (Lipinski definition) is 2. The molecule has 2 N–H and O–H groups in total. The van der Waals surface area contributed by atoms with Gasteiger partial charge in [-0.2, -0.15) is 0 Å². The first-order chi connectivity index (χ1) is 10.6. The van der Waals surface area contributed by atoms with Crippen molar-refractivity contribution >= 4 is 8.56 Å². The van der Waals surface area contributed by atoms with E-state index in [-0.39, 0.29) is 6.04 Å². The third-order valence-electron chi connectivity index (χ3n) is 3.91. The Bertz CT molecular complexity index is 410. The van der Waals surface area contributed by atoms with Crippen LogP contribution in [0.2, 0.25) is 12.6 Å². The monoisotopic (exact) mass is 322 g/mol. The summed E-state index contributed by atoms with van der Waals surface area (Å²) in [4.78, 5) is 0. The summed E-state index contributed by atoms with van der Waals surface area (Å²) in [6.45, 7) is 8.84. The van der Waals surface area contributed by atoms with Gasteiger partial charge in [0.25, 0.3) is 0 Å². The maximum atomic E-state index is 5.48. The lowest BCUT2D eigenvalue weighted by atomic mass is 10.1. The second-order valence-corrected chi connectivity index (χ2v) is 9.06. The molecule has 0 saturated carbocycles. The smallest absolute Gasteiger partial charge is 0.334 e. The molecule has 1 atom stereocenters. The third kappa shape index (κ3) is 6.85. The Hall–Kier alpha value is -0.983. The molecule has 124 valence electrons. The average Bonchev–Trinajstić information content (AvgIpc) is 2.58. The molecule has 1 aromatic carbocycles. The molecule has 0 spiro atoms. The molecule has 1 aromatic rings. The van der Waals surface area contributed by atoms with E-state index in [2.05, 4.69) is 48.0 Å². The van der Waals surface area contributed by atoms with Crippen molar-refractivity contribution in [3.8, 4) is 0 Å². The largest absolute Gasteiger partial charge is 0.398 e. The minimum Gasteiger partial charge on any atom is -0.398 e. The fraction of sp³-hybridized carbons (Fsp3) is 0.529. The van der Waals surface area contributed by atoms with Crippen LogP contribution in [0.15, 0.2) is 43.0 Å². The molecule has 22 heavy (non-hydrogen) atoms. The predicted octanol–water partition coefficient (Wildman–Crippen LogP) is 2.85. The Kier molecular flexibility index (Phi) is 9.27. The van der Waals surface area contributed by atoms with Crippen molar-refractivity contribution in [2.75, 3.05) is 33.9 Å². The van der Waals surface area contributed by atoms with Gasteiger partial charge in [0, 0.05) is 27.3 Å². The second-order valence-electron chi connectivity index (χ2n) is 5.47. The Morgan fingerprint density at radius 1 is 1.14 bits per heavy atom. The molecule has 0 aromatic heterocycles. The van der Waals surface area contributed by atoms with E-state index in [0.717, 1.165) is 32.1 Å². The standard InChI is InChI=1S/C17H30N2O2Si/c1-5-17(16-10-7-6-8-11-16)19-14-13-18-12-9-15-22(4,20-2)21-3/h5-8,10-11,17-19H,1,9,12-15H2,2-4H3. The third-order valence-corrected chi connectivity index (χ3v) is 6.90. The maximum absolute atomic E-state index is 5.48. The minimum absolute atomic E-state index is 0.209. The first-order valence-electron chi connectivity index (χ1n) is 7.87. The minimum atomic E-state index is -1.90. The molecule has 4 nitrogen and oxygen atoms in total. The Balaban J connectivity index is 2.14. The lowest BCUT2D eigenvalue weighted by Crippen LogP contribution is -2.37. The van der Waals surface area contributed by atoms with Crippen LogP contribution in [0.25, 0.3) is 0 Å². The zero-order chi connectivity index (χ0) is 16.3. The van der Waals surface area contributed by atoms with Crippen molar-refractivity contribution in [2.45, 2.75) is 25.1 Å². The molecule has 1 unspecified atom stereocenters. The molecule has 1 rings (SSSR count). The molecule has 0 aliphatic carbocycles. The molecule has 0 fully saturated rings.